The fourth-order valence-corrected chi connectivity index (χ4v) is 2.79. The number of hydrogen-bond acceptors (Lipinski definition) is 2. The van der Waals surface area contributed by atoms with E-state index in [0.717, 1.165) is 12.5 Å². The number of nitrogens with zero attached hydrogens (tertiary/aromatic N) is 1. The lowest BCUT2D eigenvalue weighted by molar-refractivity contribution is 0.291. The van der Waals surface area contributed by atoms with Crippen LogP contribution < -0.4 is 0 Å². The molecular formula is C9H13NS. The number of thiophene rings is 1. The summed E-state index contributed by atoms with van der Waals surface area (Å²) in [5, 5.41) is 2.21. The van der Waals surface area contributed by atoms with E-state index in [2.05, 4.69) is 30.3 Å². The molecule has 11 heavy (non-hydrogen) atoms. The van der Waals surface area contributed by atoms with Crippen LogP contribution in [0, 0.1) is 0 Å². The number of fused-ring (bicyclic) bond motifs is 1. The molecule has 2 heterocycles. The summed E-state index contributed by atoms with van der Waals surface area (Å²) in [7, 11) is 2.19. The Hall–Kier alpha value is -0.340. The van der Waals surface area contributed by atoms with Gasteiger partial charge in [0, 0.05) is 23.9 Å². The van der Waals surface area contributed by atoms with Gasteiger partial charge in [-0.05, 0) is 24.1 Å². The Labute approximate surface area is 71.7 Å². The molecule has 0 bridgehead atoms. The first-order valence-corrected chi connectivity index (χ1v) is 4.90. The minimum absolute atomic E-state index is 0.740. The van der Waals surface area contributed by atoms with E-state index in [1.165, 1.54) is 12.1 Å². The third kappa shape index (κ3) is 1.21. The van der Waals surface area contributed by atoms with E-state index in [1.54, 1.807) is 4.88 Å². The molecule has 0 N–H and O–H groups in total. The van der Waals surface area contributed by atoms with Gasteiger partial charge in [-0.15, -0.1) is 11.3 Å². The van der Waals surface area contributed by atoms with Gasteiger partial charge in [0.2, 0.25) is 0 Å². The maximum Gasteiger partial charge on any atom is 0.0242 e. The predicted octanol–water partition coefficient (Wildman–Crippen LogP) is 2.30. The summed E-state index contributed by atoms with van der Waals surface area (Å²) in [6, 6.07) is 2.26. The zero-order valence-electron chi connectivity index (χ0n) is 7.00. The highest BCUT2D eigenvalue weighted by Gasteiger charge is 2.20. The topological polar surface area (TPSA) is 3.24 Å². The van der Waals surface area contributed by atoms with Crippen molar-refractivity contribution < 1.29 is 0 Å². The van der Waals surface area contributed by atoms with Crippen molar-refractivity contribution in [2.24, 2.45) is 0 Å². The Balaban J connectivity index is 2.36. The van der Waals surface area contributed by atoms with Gasteiger partial charge in [0.1, 0.15) is 0 Å². The van der Waals surface area contributed by atoms with Crippen LogP contribution in [0.1, 0.15) is 23.3 Å². The molecule has 0 amide bonds. The summed E-state index contributed by atoms with van der Waals surface area (Å²) in [6.45, 7) is 4.67. The number of likely N-dealkylation sites (N-methyl/N-ethyl adjacent to an activating group) is 1. The molecule has 0 aliphatic carbocycles. The van der Waals surface area contributed by atoms with Crippen molar-refractivity contribution in [3.63, 3.8) is 0 Å². The monoisotopic (exact) mass is 167 g/mol. The summed E-state index contributed by atoms with van der Waals surface area (Å²) in [5.41, 5.74) is 1.54. The van der Waals surface area contributed by atoms with Crippen LogP contribution in [-0.4, -0.2) is 18.5 Å². The van der Waals surface area contributed by atoms with E-state index in [9.17, 15) is 0 Å². The highest BCUT2D eigenvalue weighted by molar-refractivity contribution is 7.10. The summed E-state index contributed by atoms with van der Waals surface area (Å²) in [4.78, 5) is 3.99. The Kier molecular flexibility index (Phi) is 1.74. The maximum absolute atomic E-state index is 2.39. The van der Waals surface area contributed by atoms with Crippen LogP contribution in [-0.2, 0) is 6.54 Å². The van der Waals surface area contributed by atoms with Gasteiger partial charge in [0.05, 0.1) is 0 Å². The molecule has 1 aliphatic heterocycles. The molecule has 0 fully saturated rings. The van der Waals surface area contributed by atoms with E-state index in [-0.39, 0.29) is 0 Å². The van der Waals surface area contributed by atoms with Crippen LogP contribution in [0.3, 0.4) is 0 Å². The molecule has 1 nitrogen and oxygen atoms in total. The lowest BCUT2D eigenvalue weighted by Gasteiger charge is -2.27. The summed E-state index contributed by atoms with van der Waals surface area (Å²) in [6.07, 6.45) is 0. The molecule has 0 saturated carbocycles. The fraction of sp³-hybridized carbons (Fsp3) is 0.556. The standard InChI is InChI=1S/C9H13NS/c1-7-5-10(2)6-8-3-4-11-9(7)8/h3-4,7H,5-6H2,1-2H3. The van der Waals surface area contributed by atoms with Crippen molar-refractivity contribution in [2.45, 2.75) is 19.4 Å². The molecule has 1 aliphatic rings. The van der Waals surface area contributed by atoms with E-state index in [0.29, 0.717) is 0 Å². The quantitative estimate of drug-likeness (QED) is 0.573. The molecule has 1 aromatic heterocycles. The number of hydrogen-bond donors (Lipinski definition) is 0. The van der Waals surface area contributed by atoms with Crippen molar-refractivity contribution in [3.05, 3.63) is 21.9 Å². The highest BCUT2D eigenvalue weighted by Crippen LogP contribution is 2.31. The van der Waals surface area contributed by atoms with Gasteiger partial charge >= 0.3 is 0 Å². The Morgan fingerprint density at radius 2 is 2.45 bits per heavy atom. The first-order valence-electron chi connectivity index (χ1n) is 4.02. The summed E-state index contributed by atoms with van der Waals surface area (Å²) >= 11 is 1.91. The SMILES string of the molecule is CC1CN(C)Cc2ccsc21. The highest BCUT2D eigenvalue weighted by atomic mass is 32.1. The molecule has 2 heteroatoms. The average molecular weight is 167 g/mol. The largest absolute Gasteiger partial charge is 0.301 e. The lowest BCUT2D eigenvalue weighted by Crippen LogP contribution is -2.27. The zero-order valence-corrected chi connectivity index (χ0v) is 7.82. The van der Waals surface area contributed by atoms with E-state index in [1.807, 2.05) is 11.3 Å². The van der Waals surface area contributed by atoms with Gasteiger partial charge in [-0.2, -0.15) is 0 Å². The van der Waals surface area contributed by atoms with Crippen molar-refractivity contribution in [1.29, 1.82) is 0 Å². The minimum atomic E-state index is 0.740. The average Bonchev–Trinajstić information content (AvgIpc) is 2.34. The van der Waals surface area contributed by atoms with Crippen molar-refractivity contribution >= 4 is 11.3 Å². The molecule has 0 radical (unpaired) electrons. The van der Waals surface area contributed by atoms with Crippen molar-refractivity contribution in [2.75, 3.05) is 13.6 Å². The van der Waals surface area contributed by atoms with Crippen LogP contribution >= 0.6 is 11.3 Å². The zero-order chi connectivity index (χ0) is 7.84. The molecule has 1 atom stereocenters. The normalized spacial score (nSPS) is 25.1. The molecule has 0 aromatic carbocycles. The van der Waals surface area contributed by atoms with E-state index < -0.39 is 0 Å². The van der Waals surface area contributed by atoms with Crippen LogP contribution in [0.2, 0.25) is 0 Å². The smallest absolute Gasteiger partial charge is 0.0242 e. The summed E-state index contributed by atoms with van der Waals surface area (Å²) in [5.74, 6) is 0.740. The first kappa shape index (κ1) is 7.32. The molecule has 1 unspecified atom stereocenters. The second kappa shape index (κ2) is 2.61. The maximum atomic E-state index is 2.39. The van der Waals surface area contributed by atoms with Crippen LogP contribution in [0.15, 0.2) is 11.4 Å². The number of rotatable bonds is 0. The third-order valence-corrected chi connectivity index (χ3v) is 3.44. The van der Waals surface area contributed by atoms with Gasteiger partial charge in [0.15, 0.2) is 0 Å². The lowest BCUT2D eigenvalue weighted by atomic mass is 10.0. The van der Waals surface area contributed by atoms with Crippen molar-refractivity contribution in [3.8, 4) is 0 Å². The predicted molar refractivity (Wildman–Crippen MR) is 49.1 cm³/mol. The van der Waals surface area contributed by atoms with Gasteiger partial charge in [0.25, 0.3) is 0 Å². The van der Waals surface area contributed by atoms with Gasteiger partial charge in [-0.3, -0.25) is 0 Å². The van der Waals surface area contributed by atoms with Gasteiger partial charge in [-0.1, -0.05) is 6.92 Å². The first-order chi connectivity index (χ1) is 5.27. The Morgan fingerprint density at radius 1 is 1.64 bits per heavy atom. The van der Waals surface area contributed by atoms with Crippen molar-refractivity contribution in [1.82, 2.24) is 4.90 Å². The van der Waals surface area contributed by atoms with Gasteiger partial charge in [-0.25, -0.2) is 0 Å². The molecule has 0 spiro atoms. The second-order valence-corrected chi connectivity index (χ2v) is 4.36. The molecular weight excluding hydrogens is 154 g/mol. The van der Waals surface area contributed by atoms with Gasteiger partial charge < -0.3 is 4.90 Å². The minimum Gasteiger partial charge on any atom is -0.301 e. The molecule has 2 rings (SSSR count). The Bertz CT molecular complexity index is 254. The summed E-state index contributed by atoms with van der Waals surface area (Å²) < 4.78 is 0. The van der Waals surface area contributed by atoms with Crippen LogP contribution in [0.4, 0.5) is 0 Å². The van der Waals surface area contributed by atoms with E-state index in [4.69, 9.17) is 0 Å². The second-order valence-electron chi connectivity index (χ2n) is 3.41. The fourth-order valence-electron chi connectivity index (χ4n) is 1.82. The Morgan fingerprint density at radius 3 is 3.27 bits per heavy atom. The molecule has 1 aromatic rings. The van der Waals surface area contributed by atoms with Crippen LogP contribution in [0.25, 0.3) is 0 Å². The van der Waals surface area contributed by atoms with E-state index >= 15 is 0 Å². The molecule has 0 saturated heterocycles. The molecule has 60 valence electrons. The third-order valence-electron chi connectivity index (χ3n) is 2.25. The van der Waals surface area contributed by atoms with Crippen LogP contribution in [0.5, 0.6) is 0 Å².